The van der Waals surface area contributed by atoms with Crippen LogP contribution in [0.3, 0.4) is 0 Å². The van der Waals surface area contributed by atoms with Crippen molar-refractivity contribution in [2.24, 2.45) is 5.92 Å². The monoisotopic (exact) mass is 197 g/mol. The van der Waals surface area contributed by atoms with Crippen LogP contribution < -0.4 is 0 Å². The Morgan fingerprint density at radius 1 is 1.57 bits per heavy atom. The molecule has 2 fully saturated rings. The zero-order valence-electron chi connectivity index (χ0n) is 8.11. The molecule has 1 unspecified atom stereocenters. The van der Waals surface area contributed by atoms with E-state index in [0.717, 1.165) is 32.0 Å². The fourth-order valence-corrected chi connectivity index (χ4v) is 2.39. The van der Waals surface area contributed by atoms with Crippen molar-refractivity contribution in [3.63, 3.8) is 0 Å². The molecular formula is C10H15NO3. The van der Waals surface area contributed by atoms with E-state index < -0.39 is 11.6 Å². The Hall–Kier alpha value is -1.06. The lowest BCUT2D eigenvalue weighted by atomic mass is 9.91. The van der Waals surface area contributed by atoms with Gasteiger partial charge in [-0.05, 0) is 25.2 Å². The molecule has 2 aliphatic rings. The van der Waals surface area contributed by atoms with Crippen LogP contribution >= 0.6 is 0 Å². The first-order chi connectivity index (χ1) is 6.68. The van der Waals surface area contributed by atoms with Gasteiger partial charge in [-0.3, -0.25) is 4.90 Å². The van der Waals surface area contributed by atoms with E-state index >= 15 is 0 Å². The number of likely N-dealkylation sites (tertiary alicyclic amines) is 1. The molecule has 1 amide bonds. The Bertz CT molecular complexity index is 262. The average molecular weight is 197 g/mol. The fourth-order valence-electron chi connectivity index (χ4n) is 2.39. The summed E-state index contributed by atoms with van der Waals surface area (Å²) in [6.07, 6.45) is 4.48. The largest absolute Gasteiger partial charge is 0.465 e. The SMILES string of the molecule is O=CC1(CC2CC2)CCCN1C(=O)O. The van der Waals surface area contributed by atoms with Crippen molar-refractivity contribution in [1.29, 1.82) is 0 Å². The third-order valence-corrected chi connectivity index (χ3v) is 3.32. The van der Waals surface area contributed by atoms with Crippen molar-refractivity contribution in [3.8, 4) is 0 Å². The van der Waals surface area contributed by atoms with Crippen LogP contribution in [0.4, 0.5) is 4.79 Å². The first-order valence-electron chi connectivity index (χ1n) is 5.15. The number of carbonyl (C=O) groups is 2. The molecule has 2 rings (SSSR count). The molecule has 14 heavy (non-hydrogen) atoms. The summed E-state index contributed by atoms with van der Waals surface area (Å²) in [7, 11) is 0. The molecule has 1 aliphatic carbocycles. The third kappa shape index (κ3) is 1.49. The van der Waals surface area contributed by atoms with Crippen molar-refractivity contribution in [2.75, 3.05) is 6.54 Å². The molecule has 1 heterocycles. The molecule has 1 N–H and O–H groups in total. The second kappa shape index (κ2) is 3.26. The number of carboxylic acid groups (broad SMARTS) is 1. The molecule has 4 heteroatoms. The highest BCUT2D eigenvalue weighted by molar-refractivity contribution is 5.76. The van der Waals surface area contributed by atoms with E-state index in [1.165, 1.54) is 4.90 Å². The van der Waals surface area contributed by atoms with E-state index in [-0.39, 0.29) is 0 Å². The molecule has 0 radical (unpaired) electrons. The Kier molecular flexibility index (Phi) is 2.21. The van der Waals surface area contributed by atoms with Crippen molar-refractivity contribution >= 4 is 12.4 Å². The minimum atomic E-state index is -0.949. The summed E-state index contributed by atoms with van der Waals surface area (Å²) in [5.41, 5.74) is -0.687. The van der Waals surface area contributed by atoms with Gasteiger partial charge in [0.1, 0.15) is 11.8 Å². The Balaban J connectivity index is 2.14. The maximum absolute atomic E-state index is 11.1. The molecule has 4 nitrogen and oxygen atoms in total. The van der Waals surface area contributed by atoms with Crippen LogP contribution in [-0.2, 0) is 4.79 Å². The van der Waals surface area contributed by atoms with Crippen molar-refractivity contribution < 1.29 is 14.7 Å². The number of aldehydes is 1. The highest BCUT2D eigenvalue weighted by Crippen LogP contribution is 2.42. The van der Waals surface area contributed by atoms with Crippen molar-refractivity contribution in [1.82, 2.24) is 4.90 Å². The first-order valence-corrected chi connectivity index (χ1v) is 5.15. The summed E-state index contributed by atoms with van der Waals surface area (Å²) < 4.78 is 0. The van der Waals surface area contributed by atoms with Crippen LogP contribution in [0, 0.1) is 5.92 Å². The van der Waals surface area contributed by atoms with Gasteiger partial charge >= 0.3 is 6.09 Å². The van der Waals surface area contributed by atoms with Crippen LogP contribution in [0.2, 0.25) is 0 Å². The van der Waals surface area contributed by atoms with E-state index in [1.807, 2.05) is 0 Å². The quantitative estimate of drug-likeness (QED) is 0.697. The average Bonchev–Trinajstić information content (AvgIpc) is 2.83. The Labute approximate surface area is 82.9 Å². The smallest absolute Gasteiger partial charge is 0.408 e. The molecule has 1 atom stereocenters. The maximum Gasteiger partial charge on any atom is 0.408 e. The summed E-state index contributed by atoms with van der Waals surface area (Å²) in [5.74, 6) is 0.583. The van der Waals surface area contributed by atoms with Crippen LogP contribution in [0.5, 0.6) is 0 Å². The molecule has 0 spiro atoms. The van der Waals surface area contributed by atoms with E-state index in [9.17, 15) is 9.59 Å². The molecule has 0 aromatic carbocycles. The van der Waals surface area contributed by atoms with Gasteiger partial charge in [0.2, 0.25) is 0 Å². The normalized spacial score (nSPS) is 31.9. The topological polar surface area (TPSA) is 57.6 Å². The first kappa shape index (κ1) is 9.49. The van der Waals surface area contributed by atoms with Crippen LogP contribution in [0.1, 0.15) is 32.1 Å². The summed E-state index contributed by atoms with van der Waals surface area (Å²) in [6, 6.07) is 0. The standard InChI is InChI=1S/C10H15NO3/c12-7-10(6-8-2-3-8)4-1-5-11(10)9(13)14/h7-8H,1-6H2,(H,13,14). The van der Waals surface area contributed by atoms with Gasteiger partial charge in [0.25, 0.3) is 0 Å². The fraction of sp³-hybridized carbons (Fsp3) is 0.800. The van der Waals surface area contributed by atoms with Gasteiger partial charge in [0.15, 0.2) is 0 Å². The number of carbonyl (C=O) groups excluding carboxylic acids is 1. The number of hydrogen-bond donors (Lipinski definition) is 1. The molecule has 1 aliphatic heterocycles. The predicted molar refractivity (Wildman–Crippen MR) is 50.1 cm³/mol. The van der Waals surface area contributed by atoms with Crippen LogP contribution in [0.15, 0.2) is 0 Å². The Morgan fingerprint density at radius 3 is 2.79 bits per heavy atom. The number of rotatable bonds is 3. The van der Waals surface area contributed by atoms with Crippen molar-refractivity contribution in [2.45, 2.75) is 37.6 Å². The highest BCUT2D eigenvalue weighted by atomic mass is 16.4. The highest BCUT2D eigenvalue weighted by Gasteiger charge is 2.46. The minimum Gasteiger partial charge on any atom is -0.465 e. The third-order valence-electron chi connectivity index (χ3n) is 3.32. The molecule has 78 valence electrons. The van der Waals surface area contributed by atoms with E-state index in [0.29, 0.717) is 18.9 Å². The van der Waals surface area contributed by atoms with Gasteiger partial charge in [-0.1, -0.05) is 12.8 Å². The van der Waals surface area contributed by atoms with Gasteiger partial charge in [-0.2, -0.15) is 0 Å². The lowest BCUT2D eigenvalue weighted by Crippen LogP contribution is -2.48. The van der Waals surface area contributed by atoms with E-state index in [2.05, 4.69) is 0 Å². The zero-order chi connectivity index (χ0) is 10.2. The summed E-state index contributed by atoms with van der Waals surface area (Å²) in [6.45, 7) is 0.515. The molecule has 0 aromatic heterocycles. The van der Waals surface area contributed by atoms with Gasteiger partial charge in [-0.15, -0.1) is 0 Å². The number of amides is 1. The zero-order valence-corrected chi connectivity index (χ0v) is 8.11. The number of nitrogens with zero attached hydrogens (tertiary/aromatic N) is 1. The van der Waals surface area contributed by atoms with Crippen LogP contribution in [0.25, 0.3) is 0 Å². The van der Waals surface area contributed by atoms with Gasteiger partial charge in [-0.25, -0.2) is 4.79 Å². The summed E-state index contributed by atoms with van der Waals surface area (Å²) >= 11 is 0. The predicted octanol–water partition coefficient (Wildman–Crippen LogP) is 1.50. The lowest BCUT2D eigenvalue weighted by molar-refractivity contribution is -0.116. The second-order valence-electron chi connectivity index (χ2n) is 4.41. The van der Waals surface area contributed by atoms with Crippen LogP contribution in [-0.4, -0.2) is 34.5 Å². The van der Waals surface area contributed by atoms with Gasteiger partial charge in [0.05, 0.1) is 0 Å². The minimum absolute atomic E-state index is 0.515. The molecule has 1 saturated heterocycles. The van der Waals surface area contributed by atoms with E-state index in [4.69, 9.17) is 5.11 Å². The van der Waals surface area contributed by atoms with Crippen molar-refractivity contribution in [3.05, 3.63) is 0 Å². The molecule has 1 saturated carbocycles. The lowest BCUT2D eigenvalue weighted by Gasteiger charge is -2.31. The van der Waals surface area contributed by atoms with E-state index in [1.54, 1.807) is 0 Å². The number of hydrogen-bond acceptors (Lipinski definition) is 2. The summed E-state index contributed by atoms with van der Waals surface area (Å²) in [4.78, 5) is 23.4. The Morgan fingerprint density at radius 2 is 2.29 bits per heavy atom. The van der Waals surface area contributed by atoms with Gasteiger partial charge < -0.3 is 9.90 Å². The second-order valence-corrected chi connectivity index (χ2v) is 4.41. The maximum atomic E-state index is 11.1. The molecule has 0 aromatic rings. The molecular weight excluding hydrogens is 182 g/mol. The molecule has 0 bridgehead atoms. The van der Waals surface area contributed by atoms with Gasteiger partial charge in [0, 0.05) is 6.54 Å². The summed E-state index contributed by atoms with van der Waals surface area (Å²) in [5, 5.41) is 8.98.